The summed E-state index contributed by atoms with van der Waals surface area (Å²) >= 11 is 0. The van der Waals surface area contributed by atoms with Crippen molar-refractivity contribution in [1.29, 1.82) is 0 Å². The predicted molar refractivity (Wildman–Crippen MR) is 51.7 cm³/mol. The van der Waals surface area contributed by atoms with Gasteiger partial charge in [-0.15, -0.1) is 0 Å². The van der Waals surface area contributed by atoms with E-state index in [2.05, 4.69) is 36.1 Å². The Morgan fingerprint density at radius 1 is 1.46 bits per heavy atom. The van der Waals surface area contributed by atoms with E-state index in [1.165, 1.54) is 5.69 Å². The highest BCUT2D eigenvalue weighted by Gasteiger charge is 2.08. The van der Waals surface area contributed by atoms with Crippen LogP contribution in [0.25, 0.3) is 5.52 Å². The first-order valence-electron chi connectivity index (χ1n) is 4.60. The standard InChI is InChI=1S/C10H13N3/c1-3-8(2)10-5-4-9-6-11-7-12-13(9)10/h4-8H,3H2,1-2H3. The summed E-state index contributed by atoms with van der Waals surface area (Å²) in [4.78, 5) is 3.98. The van der Waals surface area contributed by atoms with Crippen molar-refractivity contribution >= 4 is 5.52 Å². The molecule has 2 heterocycles. The number of aromatic nitrogens is 3. The van der Waals surface area contributed by atoms with Crippen LogP contribution in [0, 0.1) is 0 Å². The van der Waals surface area contributed by atoms with Gasteiger partial charge in [-0.1, -0.05) is 13.8 Å². The maximum Gasteiger partial charge on any atom is 0.136 e. The van der Waals surface area contributed by atoms with Crippen molar-refractivity contribution in [1.82, 2.24) is 14.6 Å². The molecule has 0 spiro atoms. The van der Waals surface area contributed by atoms with Crippen LogP contribution in [0.2, 0.25) is 0 Å². The molecular weight excluding hydrogens is 162 g/mol. The molecule has 0 N–H and O–H groups in total. The minimum absolute atomic E-state index is 0.553. The zero-order chi connectivity index (χ0) is 9.26. The minimum atomic E-state index is 0.553. The molecule has 0 bridgehead atoms. The molecule has 0 saturated heterocycles. The van der Waals surface area contributed by atoms with Crippen molar-refractivity contribution in [2.45, 2.75) is 26.2 Å². The van der Waals surface area contributed by atoms with Gasteiger partial charge in [0.2, 0.25) is 0 Å². The fraction of sp³-hybridized carbons (Fsp3) is 0.400. The summed E-state index contributed by atoms with van der Waals surface area (Å²) in [6, 6.07) is 4.18. The van der Waals surface area contributed by atoms with Gasteiger partial charge in [-0.2, -0.15) is 5.10 Å². The fourth-order valence-corrected chi connectivity index (χ4v) is 1.47. The summed E-state index contributed by atoms with van der Waals surface area (Å²) in [5, 5.41) is 4.22. The van der Waals surface area contributed by atoms with Crippen molar-refractivity contribution in [2.75, 3.05) is 0 Å². The van der Waals surface area contributed by atoms with Gasteiger partial charge >= 0.3 is 0 Å². The molecule has 3 nitrogen and oxygen atoms in total. The Bertz CT molecular complexity index is 405. The van der Waals surface area contributed by atoms with E-state index in [4.69, 9.17) is 0 Å². The molecular formula is C10H13N3. The Morgan fingerprint density at radius 3 is 3.08 bits per heavy atom. The first kappa shape index (κ1) is 8.23. The Morgan fingerprint density at radius 2 is 2.31 bits per heavy atom. The van der Waals surface area contributed by atoms with Crippen LogP contribution in [0.4, 0.5) is 0 Å². The molecule has 0 amide bonds. The lowest BCUT2D eigenvalue weighted by Gasteiger charge is -2.07. The quantitative estimate of drug-likeness (QED) is 0.700. The van der Waals surface area contributed by atoms with E-state index in [0.29, 0.717) is 5.92 Å². The molecule has 2 aromatic rings. The molecule has 0 aromatic carbocycles. The van der Waals surface area contributed by atoms with Gasteiger partial charge in [-0.3, -0.25) is 0 Å². The second-order valence-corrected chi connectivity index (χ2v) is 3.31. The van der Waals surface area contributed by atoms with Crippen LogP contribution in [0.15, 0.2) is 24.7 Å². The number of rotatable bonds is 2. The summed E-state index contributed by atoms with van der Waals surface area (Å²) in [5.74, 6) is 0.553. The summed E-state index contributed by atoms with van der Waals surface area (Å²) in [6.45, 7) is 4.40. The van der Waals surface area contributed by atoms with E-state index in [0.717, 1.165) is 11.9 Å². The highest BCUT2D eigenvalue weighted by molar-refractivity contribution is 5.46. The third-order valence-corrected chi connectivity index (χ3v) is 2.47. The van der Waals surface area contributed by atoms with Gasteiger partial charge in [-0.25, -0.2) is 9.50 Å². The van der Waals surface area contributed by atoms with Crippen LogP contribution in [0.5, 0.6) is 0 Å². The molecule has 0 fully saturated rings. The average molecular weight is 175 g/mol. The monoisotopic (exact) mass is 175 g/mol. The number of hydrogen-bond donors (Lipinski definition) is 0. The van der Waals surface area contributed by atoms with Gasteiger partial charge in [0.15, 0.2) is 0 Å². The van der Waals surface area contributed by atoms with Crippen molar-refractivity contribution in [2.24, 2.45) is 0 Å². The van der Waals surface area contributed by atoms with Crippen molar-refractivity contribution in [3.05, 3.63) is 30.4 Å². The van der Waals surface area contributed by atoms with Crippen LogP contribution in [0.1, 0.15) is 31.9 Å². The second kappa shape index (κ2) is 3.17. The lowest BCUT2D eigenvalue weighted by molar-refractivity contribution is 0.674. The Kier molecular flexibility index (Phi) is 2.00. The number of hydrogen-bond acceptors (Lipinski definition) is 2. The van der Waals surface area contributed by atoms with Crippen LogP contribution >= 0.6 is 0 Å². The van der Waals surface area contributed by atoms with Crippen molar-refractivity contribution in [3.63, 3.8) is 0 Å². The van der Waals surface area contributed by atoms with Crippen molar-refractivity contribution in [3.8, 4) is 0 Å². The summed E-state index contributed by atoms with van der Waals surface area (Å²) in [5.41, 5.74) is 2.33. The minimum Gasteiger partial charge on any atom is -0.241 e. The van der Waals surface area contributed by atoms with E-state index in [-0.39, 0.29) is 0 Å². The predicted octanol–water partition coefficient (Wildman–Crippen LogP) is 2.24. The van der Waals surface area contributed by atoms with E-state index in [9.17, 15) is 0 Å². The zero-order valence-corrected chi connectivity index (χ0v) is 7.94. The molecule has 13 heavy (non-hydrogen) atoms. The zero-order valence-electron chi connectivity index (χ0n) is 7.94. The van der Waals surface area contributed by atoms with E-state index in [1.807, 2.05) is 10.7 Å². The molecule has 0 saturated carbocycles. The number of nitrogens with zero attached hydrogens (tertiary/aromatic N) is 3. The van der Waals surface area contributed by atoms with Crippen molar-refractivity contribution < 1.29 is 0 Å². The normalized spacial score (nSPS) is 13.4. The van der Waals surface area contributed by atoms with Gasteiger partial charge in [0.05, 0.1) is 11.7 Å². The van der Waals surface area contributed by atoms with Crippen LogP contribution in [-0.2, 0) is 0 Å². The Balaban J connectivity index is 2.57. The molecule has 0 aliphatic rings. The highest BCUT2D eigenvalue weighted by atomic mass is 15.2. The highest BCUT2D eigenvalue weighted by Crippen LogP contribution is 2.19. The van der Waals surface area contributed by atoms with Crippen LogP contribution < -0.4 is 0 Å². The lowest BCUT2D eigenvalue weighted by Crippen LogP contribution is -2.00. The lowest BCUT2D eigenvalue weighted by atomic mass is 10.1. The molecule has 2 aromatic heterocycles. The second-order valence-electron chi connectivity index (χ2n) is 3.31. The third-order valence-electron chi connectivity index (χ3n) is 2.47. The molecule has 3 heteroatoms. The van der Waals surface area contributed by atoms with E-state index in [1.54, 1.807) is 6.33 Å². The first-order valence-corrected chi connectivity index (χ1v) is 4.60. The average Bonchev–Trinajstić information content (AvgIpc) is 2.60. The fourth-order valence-electron chi connectivity index (χ4n) is 1.47. The molecule has 2 rings (SSSR count). The first-order chi connectivity index (χ1) is 6.33. The molecule has 1 unspecified atom stereocenters. The maximum atomic E-state index is 4.22. The molecule has 1 atom stereocenters. The molecule has 0 aliphatic carbocycles. The van der Waals surface area contributed by atoms with E-state index >= 15 is 0 Å². The summed E-state index contributed by atoms with van der Waals surface area (Å²) < 4.78 is 1.96. The molecule has 0 radical (unpaired) electrons. The van der Waals surface area contributed by atoms with Gasteiger partial charge in [0, 0.05) is 5.69 Å². The van der Waals surface area contributed by atoms with Crippen LogP contribution in [-0.4, -0.2) is 14.6 Å². The van der Waals surface area contributed by atoms with E-state index < -0.39 is 0 Å². The third kappa shape index (κ3) is 1.30. The smallest absolute Gasteiger partial charge is 0.136 e. The maximum absolute atomic E-state index is 4.22. The number of fused-ring (bicyclic) bond motifs is 1. The largest absolute Gasteiger partial charge is 0.241 e. The Hall–Kier alpha value is -1.38. The SMILES string of the molecule is CCC(C)c1ccc2cncnn12. The van der Waals surface area contributed by atoms with Gasteiger partial charge in [-0.05, 0) is 24.5 Å². The van der Waals surface area contributed by atoms with Gasteiger partial charge in [0.1, 0.15) is 6.33 Å². The topological polar surface area (TPSA) is 30.2 Å². The van der Waals surface area contributed by atoms with Gasteiger partial charge in [0.25, 0.3) is 0 Å². The molecule has 68 valence electrons. The van der Waals surface area contributed by atoms with Gasteiger partial charge < -0.3 is 0 Å². The summed E-state index contributed by atoms with van der Waals surface area (Å²) in [7, 11) is 0. The van der Waals surface area contributed by atoms with Crippen LogP contribution in [0.3, 0.4) is 0 Å². The Labute approximate surface area is 77.4 Å². The molecule has 0 aliphatic heterocycles. The summed E-state index contributed by atoms with van der Waals surface area (Å²) in [6.07, 6.45) is 4.55.